The molecule has 2 rings (SSSR count). The molecule has 6 heteroatoms. The van der Waals surface area contributed by atoms with E-state index in [4.69, 9.17) is 0 Å². The normalized spacial score (nSPS) is 18.4. The van der Waals surface area contributed by atoms with Crippen molar-refractivity contribution in [3.8, 4) is 0 Å². The van der Waals surface area contributed by atoms with Gasteiger partial charge in [-0.15, -0.1) is 0 Å². The topological polar surface area (TPSA) is 84.6 Å². The highest BCUT2D eigenvalue weighted by Gasteiger charge is 2.28. The summed E-state index contributed by atoms with van der Waals surface area (Å²) in [6, 6.07) is 5.89. The van der Waals surface area contributed by atoms with E-state index in [0.29, 0.717) is 11.3 Å². The van der Waals surface area contributed by atoms with Crippen molar-refractivity contribution in [1.82, 2.24) is 5.43 Å². The fourth-order valence-electron chi connectivity index (χ4n) is 2.94. The number of nitrogens with zero attached hydrogens (tertiary/aromatic N) is 2. The molecule has 0 aromatic heterocycles. The van der Waals surface area contributed by atoms with Crippen molar-refractivity contribution in [3.05, 3.63) is 39.9 Å². The summed E-state index contributed by atoms with van der Waals surface area (Å²) < 4.78 is 0. The molecule has 0 spiro atoms. The first-order valence-electron chi connectivity index (χ1n) is 7.88. The van der Waals surface area contributed by atoms with Crippen LogP contribution in [-0.4, -0.2) is 16.5 Å². The number of carbonyl (C=O) groups excluding carboxylic acids is 1. The lowest BCUT2D eigenvalue weighted by atomic mass is 9.72. The van der Waals surface area contributed by atoms with Gasteiger partial charge in [0.2, 0.25) is 0 Å². The number of hydrazone groups is 1. The molecule has 1 N–H and O–H groups in total. The highest BCUT2D eigenvalue weighted by molar-refractivity contribution is 5.98. The van der Waals surface area contributed by atoms with Gasteiger partial charge in [0.1, 0.15) is 5.56 Å². The lowest BCUT2D eigenvalue weighted by Crippen LogP contribution is -2.27. The van der Waals surface area contributed by atoms with Gasteiger partial charge in [-0.1, -0.05) is 32.9 Å². The summed E-state index contributed by atoms with van der Waals surface area (Å²) in [6.07, 6.45) is 3.84. The number of nitro groups is 1. The van der Waals surface area contributed by atoms with Crippen molar-refractivity contribution in [3.63, 3.8) is 0 Å². The second kappa shape index (κ2) is 6.89. The van der Waals surface area contributed by atoms with E-state index >= 15 is 0 Å². The predicted octanol–water partition coefficient (Wildman–Crippen LogP) is 3.92. The van der Waals surface area contributed by atoms with Gasteiger partial charge in [0, 0.05) is 11.8 Å². The Bertz CT molecular complexity index is 622. The van der Waals surface area contributed by atoms with Crippen molar-refractivity contribution in [1.29, 1.82) is 0 Å². The Hall–Kier alpha value is -2.24. The Morgan fingerprint density at radius 3 is 2.43 bits per heavy atom. The molecule has 0 radical (unpaired) electrons. The van der Waals surface area contributed by atoms with E-state index in [2.05, 4.69) is 31.3 Å². The number of rotatable bonds is 3. The van der Waals surface area contributed by atoms with Gasteiger partial charge in [0.05, 0.1) is 4.92 Å². The molecule has 0 heterocycles. The van der Waals surface area contributed by atoms with Crippen LogP contribution in [0.5, 0.6) is 0 Å². The van der Waals surface area contributed by atoms with Gasteiger partial charge in [0.15, 0.2) is 0 Å². The predicted molar refractivity (Wildman–Crippen MR) is 89.4 cm³/mol. The van der Waals surface area contributed by atoms with Gasteiger partial charge in [-0.05, 0) is 43.1 Å². The number of hydrogen-bond acceptors (Lipinski definition) is 4. The molecule has 124 valence electrons. The van der Waals surface area contributed by atoms with Crippen LogP contribution in [0.25, 0.3) is 0 Å². The molecule has 1 aromatic rings. The molecule has 0 saturated heterocycles. The molecule has 0 bridgehead atoms. The van der Waals surface area contributed by atoms with E-state index in [1.54, 1.807) is 6.07 Å². The molecule has 0 atom stereocenters. The lowest BCUT2D eigenvalue weighted by molar-refractivity contribution is -0.385. The Kier molecular flexibility index (Phi) is 5.13. The fraction of sp³-hybridized carbons (Fsp3) is 0.529. The Morgan fingerprint density at radius 1 is 1.26 bits per heavy atom. The second-order valence-electron chi connectivity index (χ2n) is 7.03. The third-order valence-electron chi connectivity index (χ3n) is 4.45. The zero-order valence-electron chi connectivity index (χ0n) is 13.8. The Morgan fingerprint density at radius 2 is 1.87 bits per heavy atom. The molecule has 1 saturated carbocycles. The smallest absolute Gasteiger partial charge is 0.267 e. The summed E-state index contributed by atoms with van der Waals surface area (Å²) in [7, 11) is 0. The van der Waals surface area contributed by atoms with Crippen LogP contribution in [-0.2, 0) is 0 Å². The average molecular weight is 317 g/mol. The van der Waals surface area contributed by atoms with Crippen molar-refractivity contribution < 1.29 is 9.72 Å². The minimum atomic E-state index is -0.559. The number of hydrogen-bond donors (Lipinski definition) is 1. The zero-order valence-corrected chi connectivity index (χ0v) is 13.8. The minimum absolute atomic E-state index is 0.0326. The third-order valence-corrected chi connectivity index (χ3v) is 4.45. The number of amides is 1. The lowest BCUT2D eigenvalue weighted by Gasteiger charge is -2.34. The summed E-state index contributed by atoms with van der Waals surface area (Å²) in [5.41, 5.74) is 3.53. The van der Waals surface area contributed by atoms with Crippen LogP contribution in [0.4, 0.5) is 5.69 Å². The summed E-state index contributed by atoms with van der Waals surface area (Å²) in [6.45, 7) is 6.74. The third kappa shape index (κ3) is 4.37. The van der Waals surface area contributed by atoms with Crippen molar-refractivity contribution in [2.24, 2.45) is 16.4 Å². The molecule has 0 aliphatic heterocycles. The molecule has 23 heavy (non-hydrogen) atoms. The van der Waals surface area contributed by atoms with Crippen LogP contribution in [0.1, 0.15) is 56.8 Å². The summed E-state index contributed by atoms with van der Waals surface area (Å²) in [5, 5.41) is 15.1. The SMILES string of the molecule is CC(C)(C)C1CCC(=NNC(=O)c2ccccc2[N+](=O)[O-])CC1. The summed E-state index contributed by atoms with van der Waals surface area (Å²) in [4.78, 5) is 22.5. The standard InChI is InChI=1S/C17H23N3O3/c1-17(2,3)12-8-10-13(11-9-12)18-19-16(21)14-6-4-5-7-15(14)20(22)23/h4-7,12H,8-11H2,1-3H3,(H,19,21). The van der Waals surface area contributed by atoms with E-state index in [1.165, 1.54) is 18.2 Å². The maximum atomic E-state index is 12.1. The van der Waals surface area contributed by atoms with E-state index in [-0.39, 0.29) is 11.3 Å². The largest absolute Gasteiger partial charge is 0.282 e. The number of carbonyl (C=O) groups is 1. The van der Waals surface area contributed by atoms with E-state index in [1.807, 2.05) is 0 Å². The van der Waals surface area contributed by atoms with E-state index in [0.717, 1.165) is 31.4 Å². The molecule has 1 aromatic carbocycles. The maximum absolute atomic E-state index is 12.1. The highest BCUT2D eigenvalue weighted by Crippen LogP contribution is 2.36. The molecular weight excluding hydrogens is 294 g/mol. The average Bonchev–Trinajstić information content (AvgIpc) is 2.52. The minimum Gasteiger partial charge on any atom is -0.267 e. The quantitative estimate of drug-likeness (QED) is 0.677. The van der Waals surface area contributed by atoms with Gasteiger partial charge in [-0.2, -0.15) is 5.10 Å². The van der Waals surface area contributed by atoms with Crippen LogP contribution in [0.15, 0.2) is 29.4 Å². The van der Waals surface area contributed by atoms with Crippen LogP contribution >= 0.6 is 0 Å². The first kappa shape index (κ1) is 17.1. The molecule has 1 fully saturated rings. The summed E-state index contributed by atoms with van der Waals surface area (Å²) >= 11 is 0. The maximum Gasteiger partial charge on any atom is 0.282 e. The molecule has 0 unspecified atom stereocenters. The van der Waals surface area contributed by atoms with Crippen molar-refractivity contribution >= 4 is 17.3 Å². The molecule has 1 aliphatic carbocycles. The van der Waals surface area contributed by atoms with Crippen LogP contribution in [0.2, 0.25) is 0 Å². The van der Waals surface area contributed by atoms with E-state index in [9.17, 15) is 14.9 Å². The Balaban J connectivity index is 1.99. The number of nitrogens with one attached hydrogen (secondary N) is 1. The van der Waals surface area contributed by atoms with Gasteiger partial charge in [-0.25, -0.2) is 5.43 Å². The van der Waals surface area contributed by atoms with Crippen LogP contribution in [0.3, 0.4) is 0 Å². The van der Waals surface area contributed by atoms with Crippen molar-refractivity contribution in [2.75, 3.05) is 0 Å². The van der Waals surface area contributed by atoms with Gasteiger partial charge in [0.25, 0.3) is 11.6 Å². The van der Waals surface area contributed by atoms with Gasteiger partial charge >= 0.3 is 0 Å². The number of nitro benzene ring substituents is 1. The van der Waals surface area contributed by atoms with Crippen LogP contribution in [0, 0.1) is 21.4 Å². The van der Waals surface area contributed by atoms with Crippen LogP contribution < -0.4 is 5.43 Å². The Labute approximate surface area is 136 Å². The second-order valence-corrected chi connectivity index (χ2v) is 7.03. The first-order chi connectivity index (χ1) is 10.8. The molecular formula is C17H23N3O3. The van der Waals surface area contributed by atoms with Crippen molar-refractivity contribution in [2.45, 2.75) is 46.5 Å². The van der Waals surface area contributed by atoms with Gasteiger partial charge < -0.3 is 0 Å². The summed E-state index contributed by atoms with van der Waals surface area (Å²) in [5.74, 6) is 0.120. The molecule has 6 nitrogen and oxygen atoms in total. The number of benzene rings is 1. The van der Waals surface area contributed by atoms with Gasteiger partial charge in [-0.3, -0.25) is 14.9 Å². The molecule has 1 aliphatic rings. The van der Waals surface area contributed by atoms with E-state index < -0.39 is 10.8 Å². The number of para-hydroxylation sites is 1. The fourth-order valence-corrected chi connectivity index (χ4v) is 2.94. The highest BCUT2D eigenvalue weighted by atomic mass is 16.6. The zero-order chi connectivity index (χ0) is 17.0. The monoisotopic (exact) mass is 317 g/mol. The molecule has 1 amide bonds. The first-order valence-corrected chi connectivity index (χ1v) is 7.88.